The van der Waals surface area contributed by atoms with E-state index >= 15 is 0 Å². The lowest BCUT2D eigenvalue weighted by Crippen LogP contribution is -2.25. The molecule has 2 aromatic rings. The molecule has 3 rings (SSSR count). The minimum absolute atomic E-state index is 0.0903. The summed E-state index contributed by atoms with van der Waals surface area (Å²) in [5.74, 6) is -0.266. The lowest BCUT2D eigenvalue weighted by Gasteiger charge is -2.07. The van der Waals surface area contributed by atoms with Crippen LogP contribution in [-0.4, -0.2) is 17.9 Å². The van der Waals surface area contributed by atoms with Gasteiger partial charge >= 0.3 is 0 Å². The summed E-state index contributed by atoms with van der Waals surface area (Å²) in [6.45, 7) is 0. The molecular weight excluding hydrogens is 352 g/mol. The average molecular weight is 365 g/mol. The molecule has 6 heteroatoms. The fourth-order valence-electron chi connectivity index (χ4n) is 1.86. The number of carbonyl (C=O) groups is 2. The molecule has 1 aliphatic rings. The molecule has 1 heterocycles. The Morgan fingerprint density at radius 3 is 2.62 bits per heavy atom. The summed E-state index contributed by atoms with van der Waals surface area (Å²) in [6.07, 6.45) is 2.10. The number of hydrogen-bond acceptors (Lipinski definition) is 3. The molecule has 108 valence electrons. The third kappa shape index (κ3) is 3.71. The highest BCUT2D eigenvalue weighted by Crippen LogP contribution is 2.23. The van der Waals surface area contributed by atoms with Crippen molar-refractivity contribution in [2.45, 2.75) is 18.9 Å². The molecule has 0 unspecified atom stereocenters. The number of hydrogen-bond donors (Lipinski definition) is 2. The molecule has 21 heavy (non-hydrogen) atoms. The van der Waals surface area contributed by atoms with Gasteiger partial charge < -0.3 is 10.6 Å². The van der Waals surface area contributed by atoms with Crippen LogP contribution in [0.3, 0.4) is 0 Å². The van der Waals surface area contributed by atoms with E-state index in [1.165, 1.54) is 11.3 Å². The van der Waals surface area contributed by atoms with Crippen LogP contribution in [0.25, 0.3) is 0 Å². The van der Waals surface area contributed by atoms with Gasteiger partial charge in [-0.25, -0.2) is 0 Å². The molecule has 0 radical (unpaired) electrons. The van der Waals surface area contributed by atoms with Gasteiger partial charge in [0.15, 0.2) is 0 Å². The van der Waals surface area contributed by atoms with Gasteiger partial charge in [-0.15, -0.1) is 11.3 Å². The van der Waals surface area contributed by atoms with Crippen LogP contribution in [-0.2, 0) is 0 Å². The van der Waals surface area contributed by atoms with E-state index in [4.69, 9.17) is 0 Å². The summed E-state index contributed by atoms with van der Waals surface area (Å²) in [5, 5.41) is 5.74. The molecule has 4 nitrogen and oxygen atoms in total. The van der Waals surface area contributed by atoms with Gasteiger partial charge in [0.25, 0.3) is 11.8 Å². The van der Waals surface area contributed by atoms with E-state index < -0.39 is 0 Å². The van der Waals surface area contributed by atoms with Gasteiger partial charge in [0, 0.05) is 17.3 Å². The first-order valence-corrected chi connectivity index (χ1v) is 8.20. The van der Waals surface area contributed by atoms with Crippen molar-refractivity contribution < 1.29 is 9.59 Å². The van der Waals surface area contributed by atoms with Gasteiger partial charge in [0.1, 0.15) is 0 Å². The highest BCUT2D eigenvalue weighted by atomic mass is 79.9. The fraction of sp³-hybridized carbons (Fsp3) is 0.200. The third-order valence-electron chi connectivity index (χ3n) is 3.09. The van der Waals surface area contributed by atoms with E-state index in [1.54, 1.807) is 30.3 Å². The van der Waals surface area contributed by atoms with Crippen molar-refractivity contribution in [3.8, 4) is 0 Å². The maximum absolute atomic E-state index is 12.1. The van der Waals surface area contributed by atoms with Crippen LogP contribution >= 0.6 is 27.3 Å². The first kappa shape index (κ1) is 14.3. The predicted molar refractivity (Wildman–Crippen MR) is 86.9 cm³/mol. The summed E-state index contributed by atoms with van der Waals surface area (Å²) in [5.41, 5.74) is 1.18. The van der Waals surface area contributed by atoms with Crippen molar-refractivity contribution in [3.63, 3.8) is 0 Å². The van der Waals surface area contributed by atoms with Gasteiger partial charge in [-0.3, -0.25) is 9.59 Å². The van der Waals surface area contributed by atoms with Gasteiger partial charge in [-0.2, -0.15) is 0 Å². The predicted octanol–water partition coefficient (Wildman–Crippen LogP) is 3.66. The molecular formula is C15H13BrN2O2S. The van der Waals surface area contributed by atoms with E-state index in [-0.39, 0.29) is 11.8 Å². The molecule has 0 aliphatic heterocycles. The number of carbonyl (C=O) groups excluding carboxylic acids is 2. The molecule has 1 fully saturated rings. The summed E-state index contributed by atoms with van der Waals surface area (Å²) in [4.78, 5) is 24.7. The molecule has 1 saturated carbocycles. The quantitative estimate of drug-likeness (QED) is 0.869. The zero-order valence-electron chi connectivity index (χ0n) is 11.1. The molecule has 1 aromatic heterocycles. The van der Waals surface area contributed by atoms with Crippen molar-refractivity contribution >= 4 is 44.8 Å². The summed E-state index contributed by atoms with van der Waals surface area (Å²) < 4.78 is 0.908. The van der Waals surface area contributed by atoms with E-state index in [0.717, 1.165) is 16.6 Å². The largest absolute Gasteiger partial charge is 0.349 e. The highest BCUT2D eigenvalue weighted by Gasteiger charge is 2.23. The smallest absolute Gasteiger partial charge is 0.265 e. The monoisotopic (exact) mass is 364 g/mol. The van der Waals surface area contributed by atoms with E-state index in [1.807, 2.05) is 6.07 Å². The van der Waals surface area contributed by atoms with Gasteiger partial charge in [-0.1, -0.05) is 6.07 Å². The van der Waals surface area contributed by atoms with Gasteiger partial charge in [0.05, 0.1) is 8.66 Å². The Bertz CT molecular complexity index is 694. The van der Waals surface area contributed by atoms with Crippen molar-refractivity contribution in [2.75, 3.05) is 5.32 Å². The van der Waals surface area contributed by atoms with Crippen LogP contribution in [0.4, 0.5) is 5.69 Å². The minimum Gasteiger partial charge on any atom is -0.349 e. The van der Waals surface area contributed by atoms with E-state index in [2.05, 4.69) is 26.6 Å². The van der Waals surface area contributed by atoms with Crippen LogP contribution in [0.5, 0.6) is 0 Å². The third-order valence-corrected chi connectivity index (χ3v) is 4.71. The number of anilines is 1. The molecule has 0 atom stereocenters. The Morgan fingerprint density at radius 1 is 1.14 bits per heavy atom. The average Bonchev–Trinajstić information content (AvgIpc) is 3.17. The van der Waals surface area contributed by atoms with Crippen LogP contribution in [0, 0.1) is 0 Å². The van der Waals surface area contributed by atoms with Gasteiger partial charge in [-0.05, 0) is 59.1 Å². The molecule has 1 aromatic carbocycles. The van der Waals surface area contributed by atoms with Crippen molar-refractivity contribution in [2.24, 2.45) is 0 Å². The highest BCUT2D eigenvalue weighted by molar-refractivity contribution is 9.11. The SMILES string of the molecule is O=C(NC1CC1)c1cccc(NC(=O)c2ccc(Br)s2)c1. The summed E-state index contributed by atoms with van der Waals surface area (Å²) in [6, 6.07) is 10.9. The molecule has 0 spiro atoms. The molecule has 2 amide bonds. The van der Waals surface area contributed by atoms with Crippen molar-refractivity contribution in [3.05, 3.63) is 50.6 Å². The van der Waals surface area contributed by atoms with Crippen molar-refractivity contribution in [1.29, 1.82) is 0 Å². The standard InChI is InChI=1S/C15H13BrN2O2S/c16-13-7-6-12(21-13)15(20)18-11-3-1-2-9(8-11)14(19)17-10-4-5-10/h1-3,6-8,10H,4-5H2,(H,17,19)(H,18,20). The Kier molecular flexibility index (Phi) is 4.07. The number of thiophene rings is 1. The van der Waals surface area contributed by atoms with Gasteiger partial charge in [0.2, 0.25) is 0 Å². The Hall–Kier alpha value is -1.66. The Balaban J connectivity index is 1.70. The number of nitrogens with one attached hydrogen (secondary N) is 2. The minimum atomic E-state index is -0.176. The zero-order chi connectivity index (χ0) is 14.8. The summed E-state index contributed by atoms with van der Waals surface area (Å²) in [7, 11) is 0. The molecule has 0 saturated heterocycles. The van der Waals surface area contributed by atoms with Crippen molar-refractivity contribution in [1.82, 2.24) is 5.32 Å². The van der Waals surface area contributed by atoms with E-state index in [9.17, 15) is 9.59 Å². The number of halogens is 1. The molecule has 1 aliphatic carbocycles. The van der Waals surface area contributed by atoms with Crippen LogP contribution in [0.15, 0.2) is 40.2 Å². The topological polar surface area (TPSA) is 58.2 Å². The lowest BCUT2D eigenvalue weighted by molar-refractivity contribution is 0.0949. The molecule has 2 N–H and O–H groups in total. The normalized spacial score (nSPS) is 13.8. The summed E-state index contributed by atoms with van der Waals surface area (Å²) >= 11 is 4.70. The second-order valence-corrected chi connectivity index (χ2v) is 7.35. The van der Waals surface area contributed by atoms with E-state index in [0.29, 0.717) is 22.2 Å². The first-order valence-electron chi connectivity index (χ1n) is 6.59. The maximum atomic E-state index is 12.1. The van der Waals surface area contributed by atoms with Crippen LogP contribution in [0.1, 0.15) is 32.9 Å². The zero-order valence-corrected chi connectivity index (χ0v) is 13.5. The number of amides is 2. The van der Waals surface area contributed by atoms with Crippen LogP contribution < -0.4 is 10.6 Å². The molecule has 0 bridgehead atoms. The first-order chi connectivity index (χ1) is 10.1. The maximum Gasteiger partial charge on any atom is 0.265 e. The fourth-order valence-corrected chi connectivity index (χ4v) is 3.14. The Labute approximate surface area is 134 Å². The lowest BCUT2D eigenvalue weighted by atomic mass is 10.2. The number of rotatable bonds is 4. The van der Waals surface area contributed by atoms with Crippen LogP contribution in [0.2, 0.25) is 0 Å². The Morgan fingerprint density at radius 2 is 1.95 bits per heavy atom. The second-order valence-electron chi connectivity index (χ2n) is 4.89. The second kappa shape index (κ2) is 5.99. The number of benzene rings is 1.